The summed E-state index contributed by atoms with van der Waals surface area (Å²) in [6, 6.07) is 5.61. The number of ether oxygens (including phenoxy) is 1. The molecule has 0 fully saturated rings. The van der Waals surface area contributed by atoms with Gasteiger partial charge in [-0.3, -0.25) is 0 Å². The first-order valence-electron chi connectivity index (χ1n) is 5.66. The number of aryl methyl sites for hydroxylation is 1. The van der Waals surface area contributed by atoms with Crippen molar-refractivity contribution in [1.29, 1.82) is 0 Å². The maximum atomic E-state index is 5.90. The van der Waals surface area contributed by atoms with Crippen molar-refractivity contribution in [2.24, 2.45) is 0 Å². The molecule has 0 saturated heterocycles. The van der Waals surface area contributed by atoms with E-state index in [0.29, 0.717) is 6.61 Å². The Labute approximate surface area is 116 Å². The Hall–Kier alpha value is -1.10. The summed E-state index contributed by atoms with van der Waals surface area (Å²) in [6.45, 7) is 3.27. The first kappa shape index (κ1) is 13.3. The van der Waals surface area contributed by atoms with Crippen LogP contribution in [0.5, 0.6) is 5.75 Å². The minimum absolute atomic E-state index is 0.489. The second-order valence-electron chi connectivity index (χ2n) is 3.96. The summed E-state index contributed by atoms with van der Waals surface area (Å²) in [4.78, 5) is 4.47. The molecule has 0 aliphatic rings. The van der Waals surface area contributed by atoms with Crippen LogP contribution in [0.4, 0.5) is 0 Å². The highest BCUT2D eigenvalue weighted by Crippen LogP contribution is 2.23. The van der Waals surface area contributed by atoms with Crippen LogP contribution in [0.3, 0.4) is 0 Å². The Morgan fingerprint density at radius 3 is 3.00 bits per heavy atom. The zero-order valence-electron chi connectivity index (χ0n) is 10.4. The quantitative estimate of drug-likeness (QED) is 0.913. The number of nitrogens with zero attached hydrogens (tertiary/aromatic N) is 1. The van der Waals surface area contributed by atoms with E-state index in [2.05, 4.69) is 10.3 Å². The molecule has 1 aromatic carbocycles. The van der Waals surface area contributed by atoms with Gasteiger partial charge in [0, 0.05) is 16.9 Å². The van der Waals surface area contributed by atoms with E-state index in [0.717, 1.165) is 33.6 Å². The van der Waals surface area contributed by atoms with Crippen LogP contribution in [-0.2, 0) is 13.2 Å². The van der Waals surface area contributed by atoms with Gasteiger partial charge in [0.15, 0.2) is 0 Å². The van der Waals surface area contributed by atoms with Crippen LogP contribution in [-0.4, -0.2) is 12.0 Å². The largest absolute Gasteiger partial charge is 0.487 e. The van der Waals surface area contributed by atoms with E-state index in [1.54, 1.807) is 11.3 Å². The molecule has 5 heteroatoms. The van der Waals surface area contributed by atoms with Crippen molar-refractivity contribution in [2.75, 3.05) is 7.05 Å². The van der Waals surface area contributed by atoms with Gasteiger partial charge in [0.1, 0.15) is 17.4 Å². The van der Waals surface area contributed by atoms with Gasteiger partial charge in [0.05, 0.1) is 5.69 Å². The lowest BCUT2D eigenvalue weighted by Gasteiger charge is -2.07. The predicted octanol–water partition coefficient (Wildman–Crippen LogP) is 3.40. The SMILES string of the molecule is CNCc1nc(COc2ccc(Cl)cc2C)cs1. The number of hydrogen-bond donors (Lipinski definition) is 1. The second-order valence-corrected chi connectivity index (χ2v) is 5.34. The van der Waals surface area contributed by atoms with Crippen LogP contribution in [0.1, 0.15) is 16.3 Å². The maximum Gasteiger partial charge on any atom is 0.131 e. The fourth-order valence-electron chi connectivity index (χ4n) is 1.57. The number of thiazole rings is 1. The summed E-state index contributed by atoms with van der Waals surface area (Å²) in [5, 5.41) is 6.90. The number of benzene rings is 1. The van der Waals surface area contributed by atoms with Crippen molar-refractivity contribution >= 4 is 22.9 Å². The highest BCUT2D eigenvalue weighted by molar-refractivity contribution is 7.09. The molecule has 96 valence electrons. The van der Waals surface area contributed by atoms with Crippen LogP contribution in [0.25, 0.3) is 0 Å². The normalized spacial score (nSPS) is 10.6. The summed E-state index contributed by atoms with van der Waals surface area (Å²) in [5.74, 6) is 0.850. The molecule has 18 heavy (non-hydrogen) atoms. The monoisotopic (exact) mass is 282 g/mol. The second kappa shape index (κ2) is 6.18. The van der Waals surface area contributed by atoms with Gasteiger partial charge in [0.25, 0.3) is 0 Å². The molecule has 0 amide bonds. The van der Waals surface area contributed by atoms with E-state index in [9.17, 15) is 0 Å². The van der Waals surface area contributed by atoms with Crippen molar-refractivity contribution in [2.45, 2.75) is 20.1 Å². The van der Waals surface area contributed by atoms with Gasteiger partial charge in [-0.15, -0.1) is 11.3 Å². The predicted molar refractivity (Wildman–Crippen MR) is 75.4 cm³/mol. The van der Waals surface area contributed by atoms with E-state index in [-0.39, 0.29) is 0 Å². The van der Waals surface area contributed by atoms with Crippen molar-refractivity contribution < 1.29 is 4.74 Å². The molecular formula is C13H15ClN2OS. The first-order valence-corrected chi connectivity index (χ1v) is 6.91. The summed E-state index contributed by atoms with van der Waals surface area (Å²) >= 11 is 7.54. The highest BCUT2D eigenvalue weighted by Gasteiger charge is 2.04. The standard InChI is InChI=1S/C13H15ClN2OS/c1-9-5-10(14)3-4-12(9)17-7-11-8-18-13(16-11)6-15-2/h3-5,8,15H,6-7H2,1-2H3. The summed E-state index contributed by atoms with van der Waals surface area (Å²) in [6.07, 6.45) is 0. The van der Waals surface area contributed by atoms with Crippen molar-refractivity contribution in [3.05, 3.63) is 44.9 Å². The fourth-order valence-corrected chi connectivity index (χ4v) is 2.59. The van der Waals surface area contributed by atoms with Crippen molar-refractivity contribution in [3.8, 4) is 5.75 Å². The number of halogens is 1. The van der Waals surface area contributed by atoms with Gasteiger partial charge in [-0.05, 0) is 37.7 Å². The van der Waals surface area contributed by atoms with E-state index >= 15 is 0 Å². The number of rotatable bonds is 5. The molecule has 0 unspecified atom stereocenters. The molecule has 0 atom stereocenters. The summed E-state index contributed by atoms with van der Waals surface area (Å²) in [7, 11) is 1.91. The molecule has 0 spiro atoms. The topological polar surface area (TPSA) is 34.2 Å². The number of hydrogen-bond acceptors (Lipinski definition) is 4. The van der Waals surface area contributed by atoms with Crippen molar-refractivity contribution in [3.63, 3.8) is 0 Å². The average molecular weight is 283 g/mol. The molecular weight excluding hydrogens is 268 g/mol. The molecule has 0 radical (unpaired) electrons. The minimum Gasteiger partial charge on any atom is -0.487 e. The lowest BCUT2D eigenvalue weighted by Crippen LogP contribution is -2.05. The van der Waals surface area contributed by atoms with E-state index in [1.807, 2.05) is 37.6 Å². The van der Waals surface area contributed by atoms with Gasteiger partial charge in [0.2, 0.25) is 0 Å². The minimum atomic E-state index is 0.489. The molecule has 0 aliphatic carbocycles. The van der Waals surface area contributed by atoms with Gasteiger partial charge in [-0.2, -0.15) is 0 Å². The molecule has 2 rings (SSSR count). The molecule has 0 aliphatic heterocycles. The van der Waals surface area contributed by atoms with Gasteiger partial charge >= 0.3 is 0 Å². The smallest absolute Gasteiger partial charge is 0.131 e. The Bertz CT molecular complexity index is 527. The number of nitrogens with one attached hydrogen (secondary N) is 1. The fraction of sp³-hybridized carbons (Fsp3) is 0.308. The van der Waals surface area contributed by atoms with Crippen LogP contribution >= 0.6 is 22.9 Å². The lowest BCUT2D eigenvalue weighted by atomic mass is 10.2. The zero-order valence-corrected chi connectivity index (χ0v) is 11.9. The van der Waals surface area contributed by atoms with E-state index in [1.165, 1.54) is 0 Å². The molecule has 2 aromatic rings. The Kier molecular flexibility index (Phi) is 4.58. The van der Waals surface area contributed by atoms with Gasteiger partial charge in [-0.25, -0.2) is 4.98 Å². The third-order valence-electron chi connectivity index (χ3n) is 2.44. The number of aromatic nitrogens is 1. The Morgan fingerprint density at radius 2 is 2.28 bits per heavy atom. The van der Waals surface area contributed by atoms with E-state index in [4.69, 9.17) is 16.3 Å². The third kappa shape index (κ3) is 3.45. The van der Waals surface area contributed by atoms with Gasteiger partial charge < -0.3 is 10.1 Å². The van der Waals surface area contributed by atoms with Crippen LogP contribution < -0.4 is 10.1 Å². The molecule has 1 heterocycles. The zero-order chi connectivity index (χ0) is 13.0. The molecule has 0 saturated carbocycles. The Balaban J connectivity index is 1.97. The lowest BCUT2D eigenvalue weighted by molar-refractivity contribution is 0.300. The molecule has 3 nitrogen and oxygen atoms in total. The summed E-state index contributed by atoms with van der Waals surface area (Å²) < 4.78 is 5.73. The highest BCUT2D eigenvalue weighted by atomic mass is 35.5. The van der Waals surface area contributed by atoms with Crippen LogP contribution in [0, 0.1) is 6.92 Å². The van der Waals surface area contributed by atoms with Crippen LogP contribution in [0.15, 0.2) is 23.6 Å². The first-order chi connectivity index (χ1) is 8.69. The van der Waals surface area contributed by atoms with Gasteiger partial charge in [-0.1, -0.05) is 11.6 Å². The molecule has 1 N–H and O–H groups in total. The van der Waals surface area contributed by atoms with E-state index < -0.39 is 0 Å². The Morgan fingerprint density at radius 1 is 1.44 bits per heavy atom. The maximum absolute atomic E-state index is 5.90. The third-order valence-corrected chi connectivity index (χ3v) is 3.57. The van der Waals surface area contributed by atoms with Crippen molar-refractivity contribution in [1.82, 2.24) is 10.3 Å². The molecule has 0 bridgehead atoms. The van der Waals surface area contributed by atoms with Crippen LogP contribution in [0.2, 0.25) is 5.02 Å². The summed E-state index contributed by atoms with van der Waals surface area (Å²) in [5.41, 5.74) is 1.99. The molecule has 1 aromatic heterocycles. The average Bonchev–Trinajstić information content (AvgIpc) is 2.76.